The van der Waals surface area contributed by atoms with E-state index in [-0.39, 0.29) is 0 Å². The first-order chi connectivity index (χ1) is 7.25. The van der Waals surface area contributed by atoms with E-state index in [1.807, 2.05) is 12.1 Å². The van der Waals surface area contributed by atoms with Crippen molar-refractivity contribution in [2.24, 2.45) is 0 Å². The zero-order chi connectivity index (χ0) is 10.7. The van der Waals surface area contributed by atoms with E-state index < -0.39 is 6.10 Å². The molecule has 2 aromatic heterocycles. The molecule has 2 heterocycles. The maximum Gasteiger partial charge on any atom is 0.170 e. The maximum atomic E-state index is 9.28. The Labute approximate surface area is 91.8 Å². The smallest absolute Gasteiger partial charge is 0.170 e. The summed E-state index contributed by atoms with van der Waals surface area (Å²) < 4.78 is 0. The lowest BCUT2D eigenvalue weighted by molar-refractivity contribution is 0.194. The average Bonchev–Trinajstić information content (AvgIpc) is 2.71. The molecule has 78 valence electrons. The van der Waals surface area contributed by atoms with Gasteiger partial charge in [-0.1, -0.05) is 11.8 Å². The van der Waals surface area contributed by atoms with Gasteiger partial charge in [-0.3, -0.25) is 4.98 Å². The number of hydrogen-bond donors (Lipinski definition) is 2. The topological polar surface area (TPSA) is 61.8 Å². The quantitative estimate of drug-likeness (QED) is 0.832. The molecule has 2 rings (SSSR count). The number of aromatic nitrogens is 3. The molecule has 0 aliphatic rings. The van der Waals surface area contributed by atoms with Gasteiger partial charge in [-0.05, 0) is 19.1 Å². The van der Waals surface area contributed by atoms with Crippen molar-refractivity contribution in [2.45, 2.75) is 23.1 Å². The summed E-state index contributed by atoms with van der Waals surface area (Å²) in [5, 5.41) is 10.1. The fourth-order valence-electron chi connectivity index (χ4n) is 1.12. The van der Waals surface area contributed by atoms with Gasteiger partial charge in [0.15, 0.2) is 5.16 Å². The Bertz CT molecular complexity index is 411. The highest BCUT2D eigenvalue weighted by atomic mass is 32.2. The SMILES string of the molecule is C[C@@H](O)c1ccc(Sc2ncc[nH]2)cn1. The van der Waals surface area contributed by atoms with Gasteiger partial charge in [0.25, 0.3) is 0 Å². The highest BCUT2D eigenvalue weighted by Gasteiger charge is 2.03. The summed E-state index contributed by atoms with van der Waals surface area (Å²) in [5.41, 5.74) is 0.679. The Morgan fingerprint density at radius 3 is 2.80 bits per heavy atom. The first-order valence-corrected chi connectivity index (χ1v) is 5.38. The monoisotopic (exact) mass is 221 g/mol. The minimum absolute atomic E-state index is 0.521. The number of imidazole rings is 1. The number of aromatic amines is 1. The summed E-state index contributed by atoms with van der Waals surface area (Å²) in [7, 11) is 0. The van der Waals surface area contributed by atoms with E-state index in [2.05, 4.69) is 15.0 Å². The van der Waals surface area contributed by atoms with E-state index in [9.17, 15) is 5.11 Å². The Kier molecular flexibility index (Phi) is 3.03. The summed E-state index contributed by atoms with van der Waals surface area (Å²) in [4.78, 5) is 12.2. The van der Waals surface area contributed by atoms with E-state index in [1.165, 1.54) is 11.8 Å². The van der Waals surface area contributed by atoms with Crippen LogP contribution in [0.4, 0.5) is 0 Å². The van der Waals surface area contributed by atoms with Crippen molar-refractivity contribution in [2.75, 3.05) is 0 Å². The zero-order valence-electron chi connectivity index (χ0n) is 8.21. The van der Waals surface area contributed by atoms with Crippen LogP contribution in [0.3, 0.4) is 0 Å². The predicted octanol–water partition coefficient (Wildman–Crippen LogP) is 2.01. The highest BCUT2D eigenvalue weighted by molar-refractivity contribution is 7.99. The maximum absolute atomic E-state index is 9.28. The lowest BCUT2D eigenvalue weighted by atomic mass is 10.2. The van der Waals surface area contributed by atoms with Crippen molar-refractivity contribution in [3.63, 3.8) is 0 Å². The van der Waals surface area contributed by atoms with Crippen LogP contribution < -0.4 is 0 Å². The Morgan fingerprint density at radius 1 is 1.40 bits per heavy atom. The van der Waals surface area contributed by atoms with Gasteiger partial charge in [0.05, 0.1) is 11.8 Å². The van der Waals surface area contributed by atoms with Gasteiger partial charge >= 0.3 is 0 Å². The normalized spacial score (nSPS) is 12.7. The van der Waals surface area contributed by atoms with E-state index in [4.69, 9.17) is 0 Å². The second kappa shape index (κ2) is 4.46. The van der Waals surface area contributed by atoms with Crippen LogP contribution in [0, 0.1) is 0 Å². The molecule has 1 atom stereocenters. The zero-order valence-corrected chi connectivity index (χ0v) is 9.03. The molecule has 2 N–H and O–H groups in total. The molecule has 5 heteroatoms. The first-order valence-electron chi connectivity index (χ1n) is 4.57. The van der Waals surface area contributed by atoms with Crippen LogP contribution >= 0.6 is 11.8 Å². The van der Waals surface area contributed by atoms with Gasteiger partial charge in [0.2, 0.25) is 0 Å². The minimum Gasteiger partial charge on any atom is -0.387 e. The molecule has 15 heavy (non-hydrogen) atoms. The molecule has 0 radical (unpaired) electrons. The van der Waals surface area contributed by atoms with Crippen molar-refractivity contribution in [1.82, 2.24) is 15.0 Å². The molecule has 0 fully saturated rings. The van der Waals surface area contributed by atoms with Crippen molar-refractivity contribution < 1.29 is 5.11 Å². The third kappa shape index (κ3) is 2.57. The number of aliphatic hydroxyl groups excluding tert-OH is 1. The minimum atomic E-state index is -0.521. The largest absolute Gasteiger partial charge is 0.387 e. The highest BCUT2D eigenvalue weighted by Crippen LogP contribution is 2.24. The third-order valence-electron chi connectivity index (χ3n) is 1.87. The molecule has 0 spiro atoms. The molecule has 0 unspecified atom stereocenters. The van der Waals surface area contributed by atoms with Gasteiger partial charge < -0.3 is 10.1 Å². The summed E-state index contributed by atoms with van der Waals surface area (Å²) in [6, 6.07) is 3.73. The van der Waals surface area contributed by atoms with Crippen LogP contribution in [0.2, 0.25) is 0 Å². The number of H-pyrrole nitrogens is 1. The Balaban J connectivity index is 2.11. The van der Waals surface area contributed by atoms with Crippen LogP contribution in [0.25, 0.3) is 0 Å². The van der Waals surface area contributed by atoms with Crippen LogP contribution in [0.15, 0.2) is 40.8 Å². The summed E-state index contributed by atoms with van der Waals surface area (Å²) in [5.74, 6) is 0. The number of nitrogens with one attached hydrogen (secondary N) is 1. The standard InChI is InChI=1S/C10H11N3OS/c1-7(14)9-3-2-8(6-13-9)15-10-11-4-5-12-10/h2-7,14H,1H3,(H,11,12)/t7-/m1/s1. The number of hydrogen-bond acceptors (Lipinski definition) is 4. The molecule has 0 saturated carbocycles. The van der Waals surface area contributed by atoms with Gasteiger partial charge in [0.1, 0.15) is 0 Å². The lowest BCUT2D eigenvalue weighted by Crippen LogP contribution is -1.94. The van der Waals surface area contributed by atoms with Gasteiger partial charge in [-0.25, -0.2) is 4.98 Å². The summed E-state index contributed by atoms with van der Waals surface area (Å²) >= 11 is 1.50. The molecule has 0 amide bonds. The van der Waals surface area contributed by atoms with Gasteiger partial charge in [-0.2, -0.15) is 0 Å². The molecular formula is C10H11N3OS. The van der Waals surface area contributed by atoms with Gasteiger partial charge in [0, 0.05) is 23.5 Å². The molecule has 0 aromatic carbocycles. The second-order valence-electron chi connectivity index (χ2n) is 3.09. The van der Waals surface area contributed by atoms with E-state index in [1.54, 1.807) is 25.5 Å². The number of nitrogens with zero attached hydrogens (tertiary/aromatic N) is 2. The molecule has 0 aliphatic carbocycles. The summed E-state index contributed by atoms with van der Waals surface area (Å²) in [6.07, 6.45) is 4.70. The van der Waals surface area contributed by atoms with Crippen LogP contribution in [-0.2, 0) is 0 Å². The van der Waals surface area contributed by atoms with Crippen molar-refractivity contribution >= 4 is 11.8 Å². The first kappa shape index (κ1) is 10.2. The van der Waals surface area contributed by atoms with E-state index in [0.717, 1.165) is 10.1 Å². The van der Waals surface area contributed by atoms with Crippen molar-refractivity contribution in [1.29, 1.82) is 0 Å². The second-order valence-corrected chi connectivity index (χ2v) is 4.15. The molecule has 0 bridgehead atoms. The lowest BCUT2D eigenvalue weighted by Gasteiger charge is -2.03. The molecule has 4 nitrogen and oxygen atoms in total. The Hall–Kier alpha value is -1.33. The molecule has 0 saturated heterocycles. The van der Waals surface area contributed by atoms with Crippen molar-refractivity contribution in [3.8, 4) is 0 Å². The summed E-state index contributed by atoms with van der Waals surface area (Å²) in [6.45, 7) is 1.70. The molecular weight excluding hydrogens is 210 g/mol. The fraction of sp³-hybridized carbons (Fsp3) is 0.200. The van der Waals surface area contributed by atoms with Crippen LogP contribution in [0.5, 0.6) is 0 Å². The van der Waals surface area contributed by atoms with Crippen LogP contribution in [0.1, 0.15) is 18.7 Å². The number of rotatable bonds is 3. The van der Waals surface area contributed by atoms with E-state index in [0.29, 0.717) is 5.69 Å². The fourth-order valence-corrected chi connectivity index (χ4v) is 1.82. The average molecular weight is 221 g/mol. The third-order valence-corrected chi connectivity index (χ3v) is 2.77. The van der Waals surface area contributed by atoms with Crippen molar-refractivity contribution in [3.05, 3.63) is 36.4 Å². The molecule has 0 aliphatic heterocycles. The van der Waals surface area contributed by atoms with Gasteiger partial charge in [-0.15, -0.1) is 0 Å². The molecule has 2 aromatic rings. The number of pyridine rings is 1. The number of aliphatic hydroxyl groups is 1. The van der Waals surface area contributed by atoms with Crippen LogP contribution in [-0.4, -0.2) is 20.1 Å². The predicted molar refractivity (Wildman–Crippen MR) is 57.6 cm³/mol. The van der Waals surface area contributed by atoms with E-state index >= 15 is 0 Å². The Morgan fingerprint density at radius 2 is 2.27 bits per heavy atom.